The van der Waals surface area contributed by atoms with Crippen LogP contribution in [-0.2, 0) is 27.9 Å². The predicted octanol–water partition coefficient (Wildman–Crippen LogP) is 5.50. The molecule has 0 aliphatic carbocycles. The Morgan fingerprint density at radius 2 is 0.743 bits per heavy atom. The minimum atomic E-state index is -0.584. The Kier molecular flexibility index (Phi) is 6.48. The van der Waals surface area contributed by atoms with Crippen molar-refractivity contribution in [1.82, 2.24) is 0 Å². The molecule has 3 aliphatic heterocycles. The molecule has 0 radical (unpaired) electrons. The first-order chi connectivity index (χ1) is 15.8. The molecule has 4 rings (SSSR count). The van der Waals surface area contributed by atoms with Crippen LogP contribution in [0.3, 0.4) is 0 Å². The lowest BCUT2D eigenvalue weighted by atomic mass is 9.39. The van der Waals surface area contributed by atoms with E-state index in [-0.39, 0.29) is 11.5 Å². The molecule has 3 fully saturated rings. The van der Waals surface area contributed by atoms with Gasteiger partial charge in [0.15, 0.2) is 0 Å². The maximum absolute atomic E-state index is 6.65. The van der Waals surface area contributed by atoms with Gasteiger partial charge in [-0.25, -0.2) is 0 Å². The van der Waals surface area contributed by atoms with E-state index in [4.69, 9.17) is 27.9 Å². The van der Waals surface area contributed by atoms with Crippen molar-refractivity contribution in [3.05, 3.63) is 35.9 Å². The van der Waals surface area contributed by atoms with Crippen molar-refractivity contribution in [2.75, 3.05) is 0 Å². The summed E-state index contributed by atoms with van der Waals surface area (Å²) in [5, 5.41) is 0. The van der Waals surface area contributed by atoms with E-state index in [0.29, 0.717) is 0 Å². The topological polar surface area (TPSA) is 55.4 Å². The first kappa shape index (κ1) is 27.2. The Labute approximate surface area is 213 Å². The molecule has 0 aromatic heterocycles. The van der Waals surface area contributed by atoms with Gasteiger partial charge in [0.2, 0.25) is 0 Å². The summed E-state index contributed by atoms with van der Waals surface area (Å²) < 4.78 is 39.9. The second-order valence-corrected chi connectivity index (χ2v) is 13.4. The van der Waals surface area contributed by atoms with Crippen LogP contribution in [0.15, 0.2) is 30.3 Å². The maximum atomic E-state index is 6.65. The summed E-state index contributed by atoms with van der Waals surface area (Å²) in [6.07, 6.45) is 0. The summed E-state index contributed by atoms with van der Waals surface area (Å²) in [4.78, 5) is 0. The summed E-state index contributed by atoms with van der Waals surface area (Å²) >= 11 is 0. The Hall–Kier alpha value is -0.825. The third-order valence-electron chi connectivity index (χ3n) is 9.34. The fraction of sp³-hybridized carbons (Fsp3) is 0.769. The molecule has 1 unspecified atom stereocenters. The van der Waals surface area contributed by atoms with Crippen molar-refractivity contribution in [3.8, 4) is 0 Å². The molecule has 0 spiro atoms. The van der Waals surface area contributed by atoms with Crippen LogP contribution < -0.4 is 0 Å². The van der Waals surface area contributed by atoms with E-state index in [1.807, 2.05) is 18.2 Å². The smallest absolute Gasteiger partial charge is 0.403 e. The van der Waals surface area contributed by atoms with Gasteiger partial charge in [0, 0.05) is 11.5 Å². The highest BCUT2D eigenvalue weighted by atomic mass is 16.7. The van der Waals surface area contributed by atoms with Gasteiger partial charge in [-0.3, -0.25) is 0 Å². The molecule has 1 aromatic rings. The normalized spacial score (nSPS) is 28.7. The first-order valence-corrected chi connectivity index (χ1v) is 12.9. The van der Waals surface area contributed by atoms with Gasteiger partial charge >= 0.3 is 21.4 Å². The van der Waals surface area contributed by atoms with E-state index in [1.54, 1.807) is 0 Å². The van der Waals surface area contributed by atoms with E-state index >= 15 is 0 Å². The third kappa shape index (κ3) is 4.55. The van der Waals surface area contributed by atoms with Crippen LogP contribution >= 0.6 is 0 Å². The molecule has 1 atom stereocenters. The zero-order valence-electron chi connectivity index (χ0n) is 23.7. The quantitative estimate of drug-likeness (QED) is 0.516. The SMILES string of the molecule is CC1(C)OB(C(B2OC(C)(C)C(C)(C)O2)C(B2OC(C)(C)C(C)(C)O2)c2ccccc2)OC1(C)C. The molecule has 192 valence electrons. The molecule has 1 aromatic carbocycles. The molecular weight excluding hydrogens is 441 g/mol. The zero-order chi connectivity index (χ0) is 26.2. The van der Waals surface area contributed by atoms with E-state index in [1.165, 1.54) is 0 Å². The van der Waals surface area contributed by atoms with Gasteiger partial charge < -0.3 is 27.9 Å². The molecule has 0 amide bonds. The standard InChI is InChI=1S/C26H43B3O6/c1-21(2)22(3,4)31-27(30-21)19(18-16-14-13-15-17-18)20(28-32-23(5,6)24(7,8)33-28)29-34-25(9,10)26(11,12)35-29/h13-17,19-20H,1-12H3. The van der Waals surface area contributed by atoms with E-state index in [2.05, 4.69) is 95.2 Å². The van der Waals surface area contributed by atoms with Crippen LogP contribution in [0.5, 0.6) is 0 Å². The largest absolute Gasteiger partial charge is 0.465 e. The summed E-state index contributed by atoms with van der Waals surface area (Å²) in [5.74, 6) is -0.262. The lowest BCUT2D eigenvalue weighted by Gasteiger charge is -2.32. The Balaban J connectivity index is 1.83. The molecule has 3 aliphatic rings. The Morgan fingerprint density at radius 3 is 1.06 bits per heavy atom. The van der Waals surface area contributed by atoms with Gasteiger partial charge in [-0.05, 0) is 88.6 Å². The van der Waals surface area contributed by atoms with Crippen LogP contribution in [0.25, 0.3) is 0 Å². The summed E-state index contributed by atoms with van der Waals surface area (Å²) in [7, 11) is -1.71. The van der Waals surface area contributed by atoms with Crippen LogP contribution in [0.4, 0.5) is 0 Å². The van der Waals surface area contributed by atoms with Gasteiger partial charge in [0.05, 0.1) is 33.6 Å². The van der Waals surface area contributed by atoms with E-state index in [0.717, 1.165) is 5.56 Å². The van der Waals surface area contributed by atoms with Crippen molar-refractivity contribution in [2.45, 2.75) is 128 Å². The summed E-state index contributed by atoms with van der Waals surface area (Å²) in [6, 6.07) is 10.3. The maximum Gasteiger partial charge on any atom is 0.465 e. The molecule has 0 N–H and O–H groups in total. The van der Waals surface area contributed by atoms with Crippen molar-refractivity contribution in [3.63, 3.8) is 0 Å². The average Bonchev–Trinajstić information content (AvgIpc) is 3.14. The molecule has 0 saturated carbocycles. The first-order valence-electron chi connectivity index (χ1n) is 12.9. The zero-order valence-corrected chi connectivity index (χ0v) is 23.7. The van der Waals surface area contributed by atoms with Crippen LogP contribution in [0.2, 0.25) is 5.72 Å². The summed E-state index contributed by atoms with van der Waals surface area (Å²) in [5.41, 5.74) is -2.27. The van der Waals surface area contributed by atoms with Gasteiger partial charge in [0.1, 0.15) is 0 Å². The number of hydrogen-bond acceptors (Lipinski definition) is 6. The molecule has 3 saturated heterocycles. The van der Waals surface area contributed by atoms with Crippen molar-refractivity contribution in [2.24, 2.45) is 0 Å². The third-order valence-corrected chi connectivity index (χ3v) is 9.34. The van der Waals surface area contributed by atoms with Crippen molar-refractivity contribution in [1.29, 1.82) is 0 Å². The molecule has 6 nitrogen and oxygen atoms in total. The molecule has 0 bridgehead atoms. The van der Waals surface area contributed by atoms with E-state index in [9.17, 15) is 0 Å². The molecular formula is C26H43B3O6. The molecule has 35 heavy (non-hydrogen) atoms. The minimum absolute atomic E-state index is 0.262. The summed E-state index contributed by atoms with van der Waals surface area (Å²) in [6.45, 7) is 24.9. The number of hydrogen-bond donors (Lipinski definition) is 0. The highest BCUT2D eigenvalue weighted by molar-refractivity contribution is 6.71. The van der Waals surface area contributed by atoms with Crippen LogP contribution in [0, 0.1) is 0 Å². The second-order valence-electron chi connectivity index (χ2n) is 13.4. The average molecular weight is 484 g/mol. The lowest BCUT2D eigenvalue weighted by Crippen LogP contribution is -2.47. The lowest BCUT2D eigenvalue weighted by molar-refractivity contribution is 0.00578. The predicted molar refractivity (Wildman–Crippen MR) is 141 cm³/mol. The fourth-order valence-electron chi connectivity index (χ4n) is 4.83. The van der Waals surface area contributed by atoms with Crippen molar-refractivity contribution >= 4 is 21.4 Å². The highest BCUT2D eigenvalue weighted by Gasteiger charge is 2.67. The van der Waals surface area contributed by atoms with Crippen LogP contribution in [0.1, 0.15) is 94.5 Å². The van der Waals surface area contributed by atoms with Gasteiger partial charge in [0.25, 0.3) is 0 Å². The number of rotatable bonds is 5. The molecule has 3 heterocycles. The monoisotopic (exact) mass is 484 g/mol. The Bertz CT molecular complexity index is 846. The van der Waals surface area contributed by atoms with Crippen LogP contribution in [-0.4, -0.2) is 55.0 Å². The second kappa shape index (κ2) is 8.34. The van der Waals surface area contributed by atoms with E-state index < -0.39 is 55.0 Å². The fourth-order valence-corrected chi connectivity index (χ4v) is 4.83. The van der Waals surface area contributed by atoms with Gasteiger partial charge in [-0.1, -0.05) is 30.3 Å². The molecule has 9 heteroatoms. The Morgan fingerprint density at radius 1 is 0.457 bits per heavy atom. The number of benzene rings is 1. The minimum Gasteiger partial charge on any atom is -0.403 e. The van der Waals surface area contributed by atoms with Crippen molar-refractivity contribution < 1.29 is 27.9 Å². The van der Waals surface area contributed by atoms with Gasteiger partial charge in [-0.2, -0.15) is 0 Å². The highest BCUT2D eigenvalue weighted by Crippen LogP contribution is 2.52. The van der Waals surface area contributed by atoms with Gasteiger partial charge in [-0.15, -0.1) is 0 Å².